The van der Waals surface area contributed by atoms with Gasteiger partial charge in [0, 0.05) is 18.7 Å². The smallest absolute Gasteiger partial charge is 0.123 e. The van der Waals surface area contributed by atoms with Crippen molar-refractivity contribution in [3.63, 3.8) is 0 Å². The minimum absolute atomic E-state index is 0.534. The van der Waals surface area contributed by atoms with Gasteiger partial charge in [0.25, 0.3) is 0 Å². The van der Waals surface area contributed by atoms with E-state index in [4.69, 9.17) is 10.5 Å². The summed E-state index contributed by atoms with van der Waals surface area (Å²) in [5.74, 6) is 0.924. The van der Waals surface area contributed by atoms with Crippen molar-refractivity contribution in [2.45, 2.75) is 26.3 Å². The van der Waals surface area contributed by atoms with Gasteiger partial charge < -0.3 is 15.4 Å². The van der Waals surface area contributed by atoms with Gasteiger partial charge in [-0.2, -0.15) is 0 Å². The van der Waals surface area contributed by atoms with Crippen molar-refractivity contribution in [2.24, 2.45) is 5.73 Å². The van der Waals surface area contributed by atoms with Crippen molar-refractivity contribution >= 4 is 0 Å². The number of nitrogens with zero attached hydrogens (tertiary/aromatic N) is 1. The zero-order chi connectivity index (χ0) is 12.5. The Hall–Kier alpha value is -1.06. The van der Waals surface area contributed by atoms with Gasteiger partial charge in [0.05, 0.1) is 6.61 Å². The molecular weight excluding hydrogens is 212 g/mol. The molecule has 0 radical (unpaired) electrons. The standard InChI is InChI=1S/C14H24N2O/c1-3-9-16(2)10-6-11-17-14-8-5-4-7-13(14)12-15/h4-5,7-8H,3,6,9-12,15H2,1-2H3. The highest BCUT2D eigenvalue weighted by atomic mass is 16.5. The zero-order valence-electron chi connectivity index (χ0n) is 11.0. The van der Waals surface area contributed by atoms with Crippen LogP contribution in [0.25, 0.3) is 0 Å². The number of para-hydroxylation sites is 1. The monoisotopic (exact) mass is 236 g/mol. The highest BCUT2D eigenvalue weighted by Gasteiger charge is 2.01. The summed E-state index contributed by atoms with van der Waals surface area (Å²) >= 11 is 0. The van der Waals surface area contributed by atoms with Crippen LogP contribution in [0.1, 0.15) is 25.3 Å². The van der Waals surface area contributed by atoms with Gasteiger partial charge in [-0.1, -0.05) is 25.1 Å². The molecule has 0 unspecified atom stereocenters. The highest BCUT2D eigenvalue weighted by molar-refractivity contribution is 5.32. The molecule has 1 rings (SSSR count). The van der Waals surface area contributed by atoms with Crippen LogP contribution < -0.4 is 10.5 Å². The fourth-order valence-electron chi connectivity index (χ4n) is 1.82. The molecule has 0 amide bonds. The third-order valence-corrected chi connectivity index (χ3v) is 2.74. The molecule has 0 saturated heterocycles. The maximum Gasteiger partial charge on any atom is 0.123 e. The lowest BCUT2D eigenvalue weighted by Gasteiger charge is -2.16. The van der Waals surface area contributed by atoms with Crippen LogP contribution in [0.2, 0.25) is 0 Å². The first-order valence-electron chi connectivity index (χ1n) is 6.37. The first kappa shape index (κ1) is 14.0. The minimum Gasteiger partial charge on any atom is -0.493 e. The number of rotatable bonds is 8. The van der Waals surface area contributed by atoms with Crippen molar-refractivity contribution in [1.82, 2.24) is 4.90 Å². The van der Waals surface area contributed by atoms with E-state index in [2.05, 4.69) is 18.9 Å². The Balaban J connectivity index is 2.26. The van der Waals surface area contributed by atoms with E-state index in [0.717, 1.165) is 37.4 Å². The molecule has 0 atom stereocenters. The lowest BCUT2D eigenvalue weighted by Crippen LogP contribution is -2.22. The molecule has 1 aromatic carbocycles. The van der Waals surface area contributed by atoms with Crippen LogP contribution in [0.15, 0.2) is 24.3 Å². The average Bonchev–Trinajstić information content (AvgIpc) is 2.35. The quantitative estimate of drug-likeness (QED) is 0.704. The second kappa shape index (κ2) is 8.09. The van der Waals surface area contributed by atoms with Crippen LogP contribution in [-0.4, -0.2) is 31.6 Å². The summed E-state index contributed by atoms with van der Waals surface area (Å²) in [6.07, 6.45) is 2.25. The molecule has 96 valence electrons. The van der Waals surface area contributed by atoms with E-state index in [9.17, 15) is 0 Å². The van der Waals surface area contributed by atoms with Gasteiger partial charge in [0.15, 0.2) is 0 Å². The molecular formula is C14H24N2O. The summed E-state index contributed by atoms with van der Waals surface area (Å²) < 4.78 is 5.75. The van der Waals surface area contributed by atoms with Gasteiger partial charge >= 0.3 is 0 Å². The Bertz CT molecular complexity index is 315. The van der Waals surface area contributed by atoms with E-state index in [-0.39, 0.29) is 0 Å². The van der Waals surface area contributed by atoms with E-state index in [0.29, 0.717) is 6.54 Å². The van der Waals surface area contributed by atoms with Crippen LogP contribution in [0, 0.1) is 0 Å². The van der Waals surface area contributed by atoms with E-state index >= 15 is 0 Å². The fraction of sp³-hybridized carbons (Fsp3) is 0.571. The molecule has 0 aromatic heterocycles. The predicted octanol–water partition coefficient (Wildman–Crippen LogP) is 2.26. The van der Waals surface area contributed by atoms with Crippen molar-refractivity contribution in [3.05, 3.63) is 29.8 Å². The van der Waals surface area contributed by atoms with Gasteiger partial charge in [-0.15, -0.1) is 0 Å². The number of hydrogen-bond donors (Lipinski definition) is 1. The minimum atomic E-state index is 0.534. The molecule has 0 aliphatic rings. The molecule has 0 saturated carbocycles. The van der Waals surface area contributed by atoms with E-state index in [1.165, 1.54) is 6.42 Å². The topological polar surface area (TPSA) is 38.5 Å². The molecule has 0 bridgehead atoms. The van der Waals surface area contributed by atoms with Crippen molar-refractivity contribution < 1.29 is 4.74 Å². The fourth-order valence-corrected chi connectivity index (χ4v) is 1.82. The van der Waals surface area contributed by atoms with Gasteiger partial charge in [-0.05, 0) is 32.5 Å². The van der Waals surface area contributed by atoms with Crippen molar-refractivity contribution in [2.75, 3.05) is 26.7 Å². The van der Waals surface area contributed by atoms with Crippen molar-refractivity contribution in [3.8, 4) is 5.75 Å². The maximum atomic E-state index is 5.75. The molecule has 0 heterocycles. The van der Waals surface area contributed by atoms with Crippen LogP contribution >= 0.6 is 0 Å². The Morgan fingerprint density at radius 1 is 1.24 bits per heavy atom. The van der Waals surface area contributed by atoms with Crippen LogP contribution in [-0.2, 0) is 6.54 Å². The number of benzene rings is 1. The Kier molecular flexibility index (Phi) is 6.67. The van der Waals surface area contributed by atoms with Gasteiger partial charge in [0.2, 0.25) is 0 Å². The summed E-state index contributed by atoms with van der Waals surface area (Å²) in [5.41, 5.74) is 6.73. The summed E-state index contributed by atoms with van der Waals surface area (Å²) in [4.78, 5) is 2.33. The molecule has 0 spiro atoms. The third-order valence-electron chi connectivity index (χ3n) is 2.74. The van der Waals surface area contributed by atoms with E-state index < -0.39 is 0 Å². The molecule has 3 heteroatoms. The van der Waals surface area contributed by atoms with Crippen molar-refractivity contribution in [1.29, 1.82) is 0 Å². The van der Waals surface area contributed by atoms with E-state index in [1.807, 2.05) is 24.3 Å². The third kappa shape index (κ3) is 5.20. The molecule has 0 aliphatic carbocycles. The number of ether oxygens (including phenoxy) is 1. The zero-order valence-corrected chi connectivity index (χ0v) is 11.0. The first-order valence-corrected chi connectivity index (χ1v) is 6.37. The Morgan fingerprint density at radius 2 is 2.00 bits per heavy atom. The van der Waals surface area contributed by atoms with Gasteiger partial charge in [-0.3, -0.25) is 0 Å². The SMILES string of the molecule is CCCN(C)CCCOc1ccccc1CN. The van der Waals surface area contributed by atoms with Crippen LogP contribution in [0.5, 0.6) is 5.75 Å². The molecule has 17 heavy (non-hydrogen) atoms. The largest absolute Gasteiger partial charge is 0.493 e. The Morgan fingerprint density at radius 3 is 2.71 bits per heavy atom. The second-order valence-corrected chi connectivity index (χ2v) is 4.32. The van der Waals surface area contributed by atoms with Crippen LogP contribution in [0.4, 0.5) is 0 Å². The summed E-state index contributed by atoms with van der Waals surface area (Å²) in [7, 11) is 2.15. The molecule has 1 aromatic rings. The number of hydrogen-bond acceptors (Lipinski definition) is 3. The van der Waals surface area contributed by atoms with Gasteiger partial charge in [-0.25, -0.2) is 0 Å². The molecule has 0 aliphatic heterocycles. The van der Waals surface area contributed by atoms with Gasteiger partial charge in [0.1, 0.15) is 5.75 Å². The second-order valence-electron chi connectivity index (χ2n) is 4.32. The normalized spacial score (nSPS) is 10.8. The first-order chi connectivity index (χ1) is 8.27. The van der Waals surface area contributed by atoms with E-state index in [1.54, 1.807) is 0 Å². The number of nitrogens with two attached hydrogens (primary N) is 1. The predicted molar refractivity (Wildman–Crippen MR) is 72.2 cm³/mol. The molecule has 2 N–H and O–H groups in total. The summed E-state index contributed by atoms with van der Waals surface area (Å²) in [5, 5.41) is 0. The lowest BCUT2D eigenvalue weighted by molar-refractivity contribution is 0.261. The molecule has 3 nitrogen and oxygen atoms in total. The average molecular weight is 236 g/mol. The molecule has 0 fully saturated rings. The van der Waals surface area contributed by atoms with Crippen LogP contribution in [0.3, 0.4) is 0 Å². The summed E-state index contributed by atoms with van der Waals surface area (Å²) in [6.45, 7) is 5.72. The maximum absolute atomic E-state index is 5.75. The lowest BCUT2D eigenvalue weighted by atomic mass is 10.2. The highest BCUT2D eigenvalue weighted by Crippen LogP contribution is 2.17. The summed E-state index contributed by atoms with van der Waals surface area (Å²) in [6, 6.07) is 7.97. The Labute approximate surface area is 105 Å².